The highest BCUT2D eigenvalue weighted by Crippen LogP contribution is 2.28. The predicted octanol–water partition coefficient (Wildman–Crippen LogP) is 5.34. The quantitative estimate of drug-likeness (QED) is 0.550. The van der Waals surface area contributed by atoms with Gasteiger partial charge in [-0.15, -0.1) is 0 Å². The summed E-state index contributed by atoms with van der Waals surface area (Å²) in [4.78, 5) is 28.8. The molecular weight excluding hydrogens is 400 g/mol. The van der Waals surface area contributed by atoms with Gasteiger partial charge in [-0.3, -0.25) is 9.59 Å². The van der Waals surface area contributed by atoms with Crippen LogP contribution in [0.4, 0.5) is 0 Å². The van der Waals surface area contributed by atoms with Gasteiger partial charge in [0.15, 0.2) is 5.76 Å². The van der Waals surface area contributed by atoms with E-state index in [4.69, 9.17) is 4.42 Å². The molecule has 3 aromatic rings. The minimum Gasteiger partial charge on any atom is -0.459 e. The number of rotatable bonds is 7. The van der Waals surface area contributed by atoms with Gasteiger partial charge in [-0.25, -0.2) is 0 Å². The van der Waals surface area contributed by atoms with Crippen LogP contribution in [-0.2, 0) is 11.3 Å². The first kappa shape index (κ1) is 21.9. The monoisotopic (exact) mass is 430 g/mol. The van der Waals surface area contributed by atoms with E-state index in [0.717, 1.165) is 47.9 Å². The molecule has 1 fully saturated rings. The van der Waals surface area contributed by atoms with Crippen molar-refractivity contribution in [1.82, 2.24) is 10.2 Å². The van der Waals surface area contributed by atoms with Crippen molar-refractivity contribution in [2.75, 3.05) is 0 Å². The number of furan rings is 1. The topological polar surface area (TPSA) is 62.6 Å². The van der Waals surface area contributed by atoms with Gasteiger partial charge in [0.05, 0.1) is 6.26 Å². The van der Waals surface area contributed by atoms with Gasteiger partial charge in [-0.2, -0.15) is 0 Å². The lowest BCUT2D eigenvalue weighted by Gasteiger charge is -2.32. The zero-order valence-electron chi connectivity index (χ0n) is 18.7. The molecule has 0 saturated heterocycles. The molecule has 1 aromatic heterocycles. The second-order valence-electron chi connectivity index (χ2n) is 8.70. The van der Waals surface area contributed by atoms with Crippen LogP contribution in [0.25, 0.3) is 0 Å². The van der Waals surface area contributed by atoms with E-state index in [1.54, 1.807) is 17.0 Å². The number of nitrogens with zero attached hydrogens (tertiary/aromatic N) is 1. The molecule has 1 saturated carbocycles. The third-order valence-electron chi connectivity index (χ3n) is 6.12. The number of hydrogen-bond acceptors (Lipinski definition) is 3. The molecular formula is C27H30N2O3. The van der Waals surface area contributed by atoms with Crippen LogP contribution >= 0.6 is 0 Å². The number of carbonyl (C=O) groups excluding carboxylic acids is 2. The Kier molecular flexibility index (Phi) is 6.74. The summed E-state index contributed by atoms with van der Waals surface area (Å²) in [5.74, 6) is -0.224. The predicted molar refractivity (Wildman–Crippen MR) is 124 cm³/mol. The molecule has 5 heteroatoms. The fourth-order valence-corrected chi connectivity index (χ4v) is 4.28. The van der Waals surface area contributed by atoms with Gasteiger partial charge in [-0.05, 0) is 49.9 Å². The standard InChI is InChI=1S/C27H30N2O3/c1-19-9-13-21(14-10-19)18-29(27(31)24-8-5-17-32-24)25(22-15-11-20(2)12-16-22)26(30)28-23-6-3-4-7-23/h5,8-17,23,25H,3-4,6-7,18H2,1-2H3,(H,28,30)/t25-/m0/s1. The zero-order valence-corrected chi connectivity index (χ0v) is 18.7. The normalized spacial score (nSPS) is 14.8. The van der Waals surface area contributed by atoms with Crippen molar-refractivity contribution in [3.63, 3.8) is 0 Å². The molecule has 1 N–H and O–H groups in total. The lowest BCUT2D eigenvalue weighted by molar-refractivity contribution is -0.126. The van der Waals surface area contributed by atoms with E-state index in [-0.39, 0.29) is 23.6 Å². The summed E-state index contributed by atoms with van der Waals surface area (Å²) in [6.07, 6.45) is 5.70. The van der Waals surface area contributed by atoms with Crippen LogP contribution < -0.4 is 5.32 Å². The Hall–Kier alpha value is -3.34. The van der Waals surface area contributed by atoms with Crippen molar-refractivity contribution in [3.05, 3.63) is 94.9 Å². The Bertz CT molecular complexity index is 1030. The van der Waals surface area contributed by atoms with E-state index in [0.29, 0.717) is 6.54 Å². The van der Waals surface area contributed by atoms with Gasteiger partial charge in [0.2, 0.25) is 5.91 Å². The third-order valence-corrected chi connectivity index (χ3v) is 6.12. The first-order chi connectivity index (χ1) is 15.5. The maximum Gasteiger partial charge on any atom is 0.290 e. The maximum atomic E-state index is 13.6. The first-order valence-corrected chi connectivity index (χ1v) is 11.3. The van der Waals surface area contributed by atoms with Crippen molar-refractivity contribution < 1.29 is 14.0 Å². The minimum absolute atomic E-state index is 0.146. The van der Waals surface area contributed by atoms with E-state index in [2.05, 4.69) is 5.32 Å². The molecule has 0 bridgehead atoms. The van der Waals surface area contributed by atoms with Crippen molar-refractivity contribution in [1.29, 1.82) is 0 Å². The summed E-state index contributed by atoms with van der Waals surface area (Å²) in [5, 5.41) is 3.20. The van der Waals surface area contributed by atoms with E-state index in [9.17, 15) is 9.59 Å². The van der Waals surface area contributed by atoms with Crippen LogP contribution in [0.1, 0.15) is 64.5 Å². The van der Waals surface area contributed by atoms with E-state index >= 15 is 0 Å². The van der Waals surface area contributed by atoms with Crippen molar-refractivity contribution >= 4 is 11.8 Å². The van der Waals surface area contributed by atoms with Crippen LogP contribution in [0.2, 0.25) is 0 Å². The van der Waals surface area contributed by atoms with Crippen molar-refractivity contribution in [3.8, 4) is 0 Å². The molecule has 4 rings (SSSR count). The molecule has 5 nitrogen and oxygen atoms in total. The Labute approximate surface area is 189 Å². The molecule has 1 heterocycles. The van der Waals surface area contributed by atoms with E-state index < -0.39 is 6.04 Å². The number of nitrogens with one attached hydrogen (secondary N) is 1. The van der Waals surface area contributed by atoms with E-state index in [1.807, 2.05) is 62.4 Å². The van der Waals surface area contributed by atoms with E-state index in [1.165, 1.54) is 6.26 Å². The van der Waals surface area contributed by atoms with Crippen LogP contribution in [0.15, 0.2) is 71.3 Å². The maximum absolute atomic E-state index is 13.6. The summed E-state index contributed by atoms with van der Waals surface area (Å²) in [6.45, 7) is 4.34. The summed E-state index contributed by atoms with van der Waals surface area (Å²) >= 11 is 0. The first-order valence-electron chi connectivity index (χ1n) is 11.3. The molecule has 166 valence electrons. The lowest BCUT2D eigenvalue weighted by Crippen LogP contribution is -2.45. The van der Waals surface area contributed by atoms with Gasteiger partial charge in [0.1, 0.15) is 6.04 Å². The Balaban J connectivity index is 1.73. The summed E-state index contributed by atoms with van der Waals surface area (Å²) < 4.78 is 5.43. The summed E-state index contributed by atoms with van der Waals surface area (Å²) in [6, 6.07) is 18.6. The number of aryl methyl sites for hydroxylation is 2. The second kappa shape index (κ2) is 9.86. The van der Waals surface area contributed by atoms with Crippen LogP contribution in [0.3, 0.4) is 0 Å². The van der Waals surface area contributed by atoms with Crippen molar-refractivity contribution in [2.45, 2.75) is 58.2 Å². The number of benzene rings is 2. The smallest absolute Gasteiger partial charge is 0.290 e. The van der Waals surface area contributed by atoms with Crippen LogP contribution in [-0.4, -0.2) is 22.8 Å². The van der Waals surface area contributed by atoms with Crippen LogP contribution in [0, 0.1) is 13.8 Å². The molecule has 0 aliphatic heterocycles. The van der Waals surface area contributed by atoms with Gasteiger partial charge in [0, 0.05) is 12.6 Å². The molecule has 2 amide bonds. The molecule has 0 spiro atoms. The average Bonchev–Trinajstić information content (AvgIpc) is 3.50. The molecule has 1 aliphatic carbocycles. The third kappa shape index (κ3) is 5.10. The molecule has 1 aliphatic rings. The molecule has 2 aromatic carbocycles. The van der Waals surface area contributed by atoms with Gasteiger partial charge < -0.3 is 14.6 Å². The fourth-order valence-electron chi connectivity index (χ4n) is 4.28. The van der Waals surface area contributed by atoms with Gasteiger partial charge in [-0.1, -0.05) is 72.5 Å². The second-order valence-corrected chi connectivity index (χ2v) is 8.70. The fraction of sp³-hybridized carbons (Fsp3) is 0.333. The van der Waals surface area contributed by atoms with Gasteiger partial charge >= 0.3 is 0 Å². The Morgan fingerprint density at radius 1 is 0.969 bits per heavy atom. The average molecular weight is 431 g/mol. The number of carbonyl (C=O) groups is 2. The lowest BCUT2D eigenvalue weighted by atomic mass is 10.0. The highest BCUT2D eigenvalue weighted by atomic mass is 16.3. The largest absolute Gasteiger partial charge is 0.459 e. The SMILES string of the molecule is Cc1ccc(CN(C(=O)c2ccco2)[C@H](C(=O)NC2CCCC2)c2ccc(C)cc2)cc1. The Morgan fingerprint density at radius 2 is 1.59 bits per heavy atom. The molecule has 0 unspecified atom stereocenters. The highest BCUT2D eigenvalue weighted by Gasteiger charge is 2.34. The Morgan fingerprint density at radius 3 is 2.19 bits per heavy atom. The van der Waals surface area contributed by atoms with Crippen LogP contribution in [0.5, 0.6) is 0 Å². The summed E-state index contributed by atoms with van der Waals surface area (Å²) in [5.41, 5.74) is 4.00. The number of amides is 2. The molecule has 32 heavy (non-hydrogen) atoms. The minimum atomic E-state index is -0.755. The summed E-state index contributed by atoms with van der Waals surface area (Å²) in [7, 11) is 0. The zero-order chi connectivity index (χ0) is 22.5. The van der Waals surface area contributed by atoms with Crippen molar-refractivity contribution in [2.24, 2.45) is 0 Å². The molecule has 1 atom stereocenters. The molecule has 0 radical (unpaired) electrons. The highest BCUT2D eigenvalue weighted by molar-refractivity contribution is 5.96. The number of hydrogen-bond donors (Lipinski definition) is 1. The van der Waals surface area contributed by atoms with Gasteiger partial charge in [0.25, 0.3) is 5.91 Å².